The lowest BCUT2D eigenvalue weighted by Gasteiger charge is -2.12. The smallest absolute Gasteiger partial charge is 0.308 e. The second-order valence-corrected chi connectivity index (χ2v) is 5.74. The van der Waals surface area contributed by atoms with Crippen molar-refractivity contribution < 1.29 is 28.5 Å². The fourth-order valence-electron chi connectivity index (χ4n) is 2.17. The minimum absolute atomic E-state index is 0.125. The number of hydrogen-bond donors (Lipinski definition) is 0. The van der Waals surface area contributed by atoms with E-state index in [2.05, 4.69) is 0 Å². The number of esters is 2. The Balaban J connectivity index is 1.94. The zero-order chi connectivity index (χ0) is 19.1. The van der Waals surface area contributed by atoms with E-state index >= 15 is 0 Å². The summed E-state index contributed by atoms with van der Waals surface area (Å²) in [7, 11) is 0. The molecule has 0 fully saturated rings. The van der Waals surface area contributed by atoms with Crippen LogP contribution in [0.25, 0.3) is 0 Å². The highest BCUT2D eigenvalue weighted by molar-refractivity contribution is 5.73. The van der Waals surface area contributed by atoms with Gasteiger partial charge in [-0.1, -0.05) is 6.07 Å². The summed E-state index contributed by atoms with van der Waals surface area (Å²) in [5.74, 6) is 0.512. The molecule has 0 aliphatic rings. The van der Waals surface area contributed by atoms with Gasteiger partial charge < -0.3 is 18.9 Å². The summed E-state index contributed by atoms with van der Waals surface area (Å²) in [6.45, 7) is 7.27. The Hall–Kier alpha value is -3.02. The summed E-state index contributed by atoms with van der Waals surface area (Å²) in [6.07, 6.45) is 0. The normalized spacial score (nSPS) is 10.2. The quantitative estimate of drug-likeness (QED) is 0.428. The van der Waals surface area contributed by atoms with Crippen LogP contribution in [0.15, 0.2) is 36.4 Å². The predicted octanol–water partition coefficient (Wildman–Crippen LogP) is 3.61. The molecule has 0 N–H and O–H groups in total. The molecule has 2 aromatic rings. The molecule has 2 rings (SSSR count). The molecule has 138 valence electrons. The molecular weight excluding hydrogens is 336 g/mol. The first-order valence-electron chi connectivity index (χ1n) is 8.19. The SMILES string of the molecule is CC(=O)Oc1ccc(OCCOc2ccc(C)c(C)c2)cc1OC(C)=O. The van der Waals surface area contributed by atoms with Crippen LogP contribution >= 0.6 is 0 Å². The van der Waals surface area contributed by atoms with Crippen LogP contribution in [0.1, 0.15) is 25.0 Å². The zero-order valence-corrected chi connectivity index (χ0v) is 15.3. The third-order valence-electron chi connectivity index (χ3n) is 3.52. The van der Waals surface area contributed by atoms with Crippen LogP contribution in [0.5, 0.6) is 23.0 Å². The van der Waals surface area contributed by atoms with Gasteiger partial charge in [-0.2, -0.15) is 0 Å². The average molecular weight is 358 g/mol. The maximum absolute atomic E-state index is 11.2. The highest BCUT2D eigenvalue weighted by Crippen LogP contribution is 2.32. The Labute approximate surface area is 152 Å². The summed E-state index contributed by atoms with van der Waals surface area (Å²) < 4.78 is 21.3. The van der Waals surface area contributed by atoms with E-state index in [4.69, 9.17) is 18.9 Å². The van der Waals surface area contributed by atoms with Crippen LogP contribution in [0.4, 0.5) is 0 Å². The van der Waals surface area contributed by atoms with Gasteiger partial charge >= 0.3 is 11.9 Å². The number of carbonyl (C=O) groups excluding carboxylic acids is 2. The van der Waals surface area contributed by atoms with Crippen LogP contribution in [0, 0.1) is 13.8 Å². The van der Waals surface area contributed by atoms with E-state index in [1.165, 1.54) is 31.5 Å². The molecule has 0 bridgehead atoms. The van der Waals surface area contributed by atoms with E-state index < -0.39 is 11.9 Å². The maximum Gasteiger partial charge on any atom is 0.308 e. The first kappa shape index (κ1) is 19.3. The van der Waals surface area contributed by atoms with Crippen molar-refractivity contribution >= 4 is 11.9 Å². The second kappa shape index (κ2) is 8.89. The van der Waals surface area contributed by atoms with Crippen molar-refractivity contribution in [2.75, 3.05) is 13.2 Å². The lowest BCUT2D eigenvalue weighted by Crippen LogP contribution is -2.10. The number of ether oxygens (including phenoxy) is 4. The molecule has 0 aromatic heterocycles. The van der Waals surface area contributed by atoms with Crippen LogP contribution in [-0.2, 0) is 9.59 Å². The lowest BCUT2D eigenvalue weighted by atomic mass is 10.1. The van der Waals surface area contributed by atoms with E-state index in [9.17, 15) is 9.59 Å². The number of carbonyl (C=O) groups is 2. The van der Waals surface area contributed by atoms with Gasteiger partial charge in [-0.3, -0.25) is 9.59 Å². The van der Waals surface area contributed by atoms with E-state index in [1.54, 1.807) is 6.07 Å². The molecule has 0 unspecified atom stereocenters. The molecule has 26 heavy (non-hydrogen) atoms. The minimum Gasteiger partial charge on any atom is -0.490 e. The molecule has 0 atom stereocenters. The van der Waals surface area contributed by atoms with E-state index in [0.29, 0.717) is 19.0 Å². The summed E-state index contributed by atoms with van der Waals surface area (Å²) in [5.41, 5.74) is 2.37. The summed E-state index contributed by atoms with van der Waals surface area (Å²) in [5, 5.41) is 0. The Morgan fingerprint density at radius 2 is 1.27 bits per heavy atom. The van der Waals surface area contributed by atoms with Gasteiger partial charge in [0.15, 0.2) is 11.5 Å². The van der Waals surface area contributed by atoms with Gasteiger partial charge in [0, 0.05) is 19.9 Å². The van der Waals surface area contributed by atoms with Crippen LogP contribution < -0.4 is 18.9 Å². The van der Waals surface area contributed by atoms with Crippen molar-refractivity contribution in [1.29, 1.82) is 0 Å². The van der Waals surface area contributed by atoms with Crippen molar-refractivity contribution in [1.82, 2.24) is 0 Å². The fourth-order valence-corrected chi connectivity index (χ4v) is 2.17. The van der Waals surface area contributed by atoms with E-state index in [0.717, 1.165) is 11.3 Å². The number of hydrogen-bond acceptors (Lipinski definition) is 6. The van der Waals surface area contributed by atoms with Gasteiger partial charge in [-0.15, -0.1) is 0 Å². The molecule has 0 aliphatic carbocycles. The summed E-state index contributed by atoms with van der Waals surface area (Å²) in [4.78, 5) is 22.3. The monoisotopic (exact) mass is 358 g/mol. The third kappa shape index (κ3) is 5.81. The molecule has 0 heterocycles. The molecule has 0 radical (unpaired) electrons. The largest absolute Gasteiger partial charge is 0.490 e. The van der Waals surface area contributed by atoms with E-state index in [1.807, 2.05) is 32.0 Å². The van der Waals surface area contributed by atoms with Crippen molar-refractivity contribution in [2.45, 2.75) is 27.7 Å². The topological polar surface area (TPSA) is 71.1 Å². The van der Waals surface area contributed by atoms with Gasteiger partial charge in [0.1, 0.15) is 24.7 Å². The van der Waals surface area contributed by atoms with Crippen molar-refractivity contribution in [3.8, 4) is 23.0 Å². The van der Waals surface area contributed by atoms with Gasteiger partial charge in [-0.05, 0) is 49.2 Å². The Morgan fingerprint density at radius 3 is 1.85 bits per heavy atom. The summed E-state index contributed by atoms with van der Waals surface area (Å²) in [6, 6.07) is 10.5. The van der Waals surface area contributed by atoms with Crippen LogP contribution in [-0.4, -0.2) is 25.2 Å². The number of aryl methyl sites for hydroxylation is 2. The van der Waals surface area contributed by atoms with Crippen molar-refractivity contribution in [2.24, 2.45) is 0 Å². The Bertz CT molecular complexity index is 797. The average Bonchev–Trinajstić information content (AvgIpc) is 2.56. The Kier molecular flexibility index (Phi) is 6.60. The van der Waals surface area contributed by atoms with Crippen LogP contribution in [0.2, 0.25) is 0 Å². The molecule has 6 nitrogen and oxygen atoms in total. The van der Waals surface area contributed by atoms with Gasteiger partial charge in [-0.25, -0.2) is 0 Å². The molecule has 2 aromatic carbocycles. The fraction of sp³-hybridized carbons (Fsp3) is 0.300. The lowest BCUT2D eigenvalue weighted by molar-refractivity contribution is -0.134. The zero-order valence-electron chi connectivity index (χ0n) is 15.3. The van der Waals surface area contributed by atoms with Gasteiger partial charge in [0.25, 0.3) is 0 Å². The molecule has 0 saturated heterocycles. The molecule has 0 amide bonds. The minimum atomic E-state index is -0.520. The second-order valence-electron chi connectivity index (χ2n) is 5.74. The molecular formula is C20H22O6. The van der Waals surface area contributed by atoms with Gasteiger partial charge in [0.05, 0.1) is 0 Å². The maximum atomic E-state index is 11.2. The standard InChI is InChI=1S/C20H22O6/c1-13-5-6-17(11-14(13)2)23-9-10-24-18-7-8-19(25-15(3)21)20(12-18)26-16(4)22/h5-8,11-12H,9-10H2,1-4H3. The first-order chi connectivity index (χ1) is 12.3. The van der Waals surface area contributed by atoms with Crippen LogP contribution in [0.3, 0.4) is 0 Å². The highest BCUT2D eigenvalue weighted by Gasteiger charge is 2.12. The molecule has 0 saturated carbocycles. The van der Waals surface area contributed by atoms with E-state index in [-0.39, 0.29) is 11.5 Å². The van der Waals surface area contributed by atoms with Crippen molar-refractivity contribution in [3.05, 3.63) is 47.5 Å². The molecule has 0 spiro atoms. The first-order valence-corrected chi connectivity index (χ1v) is 8.19. The molecule has 0 aliphatic heterocycles. The molecule has 6 heteroatoms. The predicted molar refractivity (Wildman–Crippen MR) is 96.0 cm³/mol. The highest BCUT2D eigenvalue weighted by atomic mass is 16.6. The van der Waals surface area contributed by atoms with Crippen molar-refractivity contribution in [3.63, 3.8) is 0 Å². The number of rotatable bonds is 7. The van der Waals surface area contributed by atoms with Gasteiger partial charge in [0.2, 0.25) is 0 Å². The summed E-state index contributed by atoms with van der Waals surface area (Å²) >= 11 is 0. The number of benzene rings is 2. The third-order valence-corrected chi connectivity index (χ3v) is 3.52. The Morgan fingerprint density at radius 1 is 0.731 bits per heavy atom.